The van der Waals surface area contributed by atoms with Crippen LogP contribution in [0.3, 0.4) is 0 Å². The summed E-state index contributed by atoms with van der Waals surface area (Å²) in [6.07, 6.45) is 0. The standard InChI is InChI=1S/C20H13N3O6S2/c1-11-9-30-20(21-11)31-16-7-6-12(8-15(16)23(27)28)19(26)29-10-22-17(24)13-4-2-3-5-14(13)18(22)25/h2-9H,10H2,1H3. The van der Waals surface area contributed by atoms with Gasteiger partial charge in [-0.25, -0.2) is 14.7 Å². The SMILES string of the molecule is Cc1csc(Sc2ccc(C(=O)OCN3C(=O)c4ccccc4C3=O)cc2[N+](=O)[O-])n1. The van der Waals surface area contributed by atoms with E-state index in [1.807, 2.05) is 12.3 Å². The van der Waals surface area contributed by atoms with Crippen molar-refractivity contribution in [2.45, 2.75) is 16.2 Å². The maximum Gasteiger partial charge on any atom is 0.340 e. The van der Waals surface area contributed by atoms with E-state index in [1.54, 1.807) is 12.1 Å². The molecular formula is C20H13N3O6S2. The van der Waals surface area contributed by atoms with Gasteiger partial charge in [-0.15, -0.1) is 11.3 Å². The highest BCUT2D eigenvalue weighted by atomic mass is 32.2. The van der Waals surface area contributed by atoms with Gasteiger partial charge in [-0.05, 0) is 31.2 Å². The lowest BCUT2D eigenvalue weighted by Gasteiger charge is -2.14. The highest BCUT2D eigenvalue weighted by Crippen LogP contribution is 2.37. The summed E-state index contributed by atoms with van der Waals surface area (Å²) in [4.78, 5) is 53.4. The van der Waals surface area contributed by atoms with Crippen LogP contribution in [0.1, 0.15) is 36.8 Å². The van der Waals surface area contributed by atoms with Crippen molar-refractivity contribution in [1.29, 1.82) is 0 Å². The van der Waals surface area contributed by atoms with Crippen LogP contribution in [0.15, 0.2) is 57.1 Å². The molecule has 31 heavy (non-hydrogen) atoms. The normalized spacial score (nSPS) is 12.7. The van der Waals surface area contributed by atoms with Crippen molar-refractivity contribution in [3.05, 3.63) is 80.3 Å². The Bertz CT molecular complexity index is 1200. The first-order valence-corrected chi connectivity index (χ1v) is 10.6. The number of aryl methyl sites for hydroxylation is 1. The Labute approximate surface area is 183 Å². The van der Waals surface area contributed by atoms with E-state index in [0.717, 1.165) is 28.4 Å². The molecular weight excluding hydrogens is 442 g/mol. The molecule has 9 nitrogen and oxygen atoms in total. The maximum atomic E-state index is 12.4. The first kappa shape index (κ1) is 20.7. The lowest BCUT2D eigenvalue weighted by atomic mass is 10.1. The smallest absolute Gasteiger partial charge is 0.340 e. The van der Waals surface area contributed by atoms with Gasteiger partial charge < -0.3 is 4.74 Å². The number of hydrogen-bond donors (Lipinski definition) is 0. The lowest BCUT2D eigenvalue weighted by molar-refractivity contribution is -0.387. The Morgan fingerprint density at radius 1 is 1.19 bits per heavy atom. The Kier molecular flexibility index (Phi) is 5.53. The van der Waals surface area contributed by atoms with Crippen molar-refractivity contribution in [2.75, 3.05) is 6.73 Å². The second kappa shape index (κ2) is 8.28. The molecule has 0 bridgehead atoms. The van der Waals surface area contributed by atoms with Gasteiger partial charge in [0, 0.05) is 17.1 Å². The van der Waals surface area contributed by atoms with Gasteiger partial charge in [0.2, 0.25) is 0 Å². The van der Waals surface area contributed by atoms with Crippen LogP contribution in [-0.2, 0) is 4.74 Å². The average molecular weight is 455 g/mol. The number of hydrogen-bond acceptors (Lipinski definition) is 9. The number of amides is 2. The Morgan fingerprint density at radius 3 is 2.45 bits per heavy atom. The Morgan fingerprint density at radius 2 is 1.87 bits per heavy atom. The Balaban J connectivity index is 1.49. The van der Waals surface area contributed by atoms with E-state index in [2.05, 4.69) is 4.98 Å². The van der Waals surface area contributed by atoms with Crippen LogP contribution in [0.4, 0.5) is 5.69 Å². The minimum Gasteiger partial charge on any atom is -0.440 e. The van der Waals surface area contributed by atoms with Crippen LogP contribution < -0.4 is 0 Å². The largest absolute Gasteiger partial charge is 0.440 e. The maximum absolute atomic E-state index is 12.4. The van der Waals surface area contributed by atoms with E-state index in [1.165, 1.54) is 35.6 Å². The van der Waals surface area contributed by atoms with Crippen molar-refractivity contribution in [2.24, 2.45) is 0 Å². The molecule has 1 aromatic heterocycles. The average Bonchev–Trinajstić information content (AvgIpc) is 3.27. The topological polar surface area (TPSA) is 120 Å². The van der Waals surface area contributed by atoms with Crippen molar-refractivity contribution in [3.63, 3.8) is 0 Å². The van der Waals surface area contributed by atoms with Gasteiger partial charge in [0.25, 0.3) is 17.5 Å². The highest BCUT2D eigenvalue weighted by Gasteiger charge is 2.36. The number of esters is 1. The summed E-state index contributed by atoms with van der Waals surface area (Å²) in [6.45, 7) is 1.23. The van der Waals surface area contributed by atoms with Gasteiger partial charge in [0.05, 0.1) is 26.5 Å². The monoisotopic (exact) mass is 455 g/mol. The molecule has 0 atom stereocenters. The predicted molar refractivity (Wildman–Crippen MR) is 111 cm³/mol. The van der Waals surface area contributed by atoms with Crippen LogP contribution in [0.5, 0.6) is 0 Å². The highest BCUT2D eigenvalue weighted by molar-refractivity contribution is 8.01. The van der Waals surface area contributed by atoms with Gasteiger partial charge >= 0.3 is 5.97 Å². The van der Waals surface area contributed by atoms with Crippen LogP contribution in [-0.4, -0.2) is 39.3 Å². The van der Waals surface area contributed by atoms with Gasteiger partial charge in [-0.1, -0.05) is 23.9 Å². The number of thiazole rings is 1. The number of benzene rings is 2. The molecule has 3 aromatic rings. The van der Waals surface area contributed by atoms with E-state index in [-0.39, 0.29) is 22.4 Å². The number of aromatic nitrogens is 1. The summed E-state index contributed by atoms with van der Waals surface area (Å²) in [5.74, 6) is -2.02. The summed E-state index contributed by atoms with van der Waals surface area (Å²) in [6, 6.07) is 10.2. The minimum absolute atomic E-state index is 0.0667. The molecule has 0 saturated carbocycles. The molecule has 0 radical (unpaired) electrons. The zero-order valence-corrected chi connectivity index (χ0v) is 17.6. The molecule has 2 amide bonds. The van der Waals surface area contributed by atoms with Gasteiger partial charge in [0.1, 0.15) is 0 Å². The van der Waals surface area contributed by atoms with Crippen molar-refractivity contribution < 1.29 is 24.0 Å². The van der Waals surface area contributed by atoms with Crippen LogP contribution >= 0.6 is 23.1 Å². The van der Waals surface area contributed by atoms with Crippen LogP contribution in [0.2, 0.25) is 0 Å². The van der Waals surface area contributed by atoms with E-state index in [0.29, 0.717) is 9.24 Å². The third kappa shape index (κ3) is 4.05. The quantitative estimate of drug-likeness (QED) is 0.237. The number of ether oxygens (including phenoxy) is 1. The third-order valence-corrected chi connectivity index (χ3v) is 6.51. The molecule has 156 valence electrons. The first-order chi connectivity index (χ1) is 14.8. The minimum atomic E-state index is -0.888. The zero-order chi connectivity index (χ0) is 22.1. The third-order valence-electron chi connectivity index (χ3n) is 4.39. The summed E-state index contributed by atoms with van der Waals surface area (Å²) in [5.41, 5.74) is 0.940. The molecule has 4 rings (SSSR count). The second-order valence-electron chi connectivity index (χ2n) is 6.44. The van der Waals surface area contributed by atoms with Crippen molar-refractivity contribution in [1.82, 2.24) is 9.88 Å². The number of nitrogens with zero attached hydrogens (tertiary/aromatic N) is 3. The molecule has 0 saturated heterocycles. The molecule has 0 N–H and O–H groups in total. The predicted octanol–water partition coefficient (Wildman–Crippen LogP) is 3.92. The number of nitro benzene ring substituents is 1. The van der Waals surface area contributed by atoms with Gasteiger partial charge in [0.15, 0.2) is 11.1 Å². The fraction of sp³-hybridized carbons (Fsp3) is 0.100. The molecule has 2 heterocycles. The second-order valence-corrected chi connectivity index (χ2v) is 8.59. The van der Waals surface area contributed by atoms with Crippen molar-refractivity contribution in [3.8, 4) is 0 Å². The molecule has 11 heteroatoms. The molecule has 1 aliphatic rings. The Hall–Kier alpha value is -3.57. The van der Waals surface area contributed by atoms with E-state index in [9.17, 15) is 24.5 Å². The number of nitro groups is 1. The molecule has 0 spiro atoms. The summed E-state index contributed by atoms with van der Waals surface area (Å²) in [5, 5.41) is 13.3. The number of rotatable bonds is 6. The summed E-state index contributed by atoms with van der Waals surface area (Å²) < 4.78 is 5.73. The molecule has 0 unspecified atom stereocenters. The summed E-state index contributed by atoms with van der Waals surface area (Å²) >= 11 is 2.49. The van der Waals surface area contributed by atoms with E-state index < -0.39 is 29.4 Å². The van der Waals surface area contributed by atoms with Gasteiger partial charge in [-0.3, -0.25) is 19.7 Å². The van der Waals surface area contributed by atoms with Gasteiger partial charge in [-0.2, -0.15) is 0 Å². The fourth-order valence-electron chi connectivity index (χ4n) is 2.91. The number of fused-ring (bicyclic) bond motifs is 1. The number of carbonyl (C=O) groups is 3. The lowest BCUT2D eigenvalue weighted by Crippen LogP contribution is -2.33. The van der Waals surface area contributed by atoms with Crippen LogP contribution in [0.25, 0.3) is 0 Å². The van der Waals surface area contributed by atoms with Crippen molar-refractivity contribution >= 4 is 46.6 Å². The molecule has 2 aromatic carbocycles. The summed E-state index contributed by atoms with van der Waals surface area (Å²) in [7, 11) is 0. The zero-order valence-electron chi connectivity index (χ0n) is 15.9. The number of imide groups is 1. The fourth-order valence-corrected chi connectivity index (χ4v) is 4.79. The molecule has 1 aliphatic heterocycles. The first-order valence-electron chi connectivity index (χ1n) is 8.86. The molecule has 0 aliphatic carbocycles. The molecule has 0 fully saturated rings. The number of carbonyl (C=O) groups excluding carboxylic acids is 3. The van der Waals surface area contributed by atoms with E-state index >= 15 is 0 Å². The van der Waals surface area contributed by atoms with E-state index in [4.69, 9.17) is 4.74 Å². The van der Waals surface area contributed by atoms with Crippen LogP contribution in [0, 0.1) is 17.0 Å².